The van der Waals surface area contributed by atoms with Gasteiger partial charge in [-0.2, -0.15) is 6.29 Å². The maximum absolute atomic E-state index is 8.97. The number of carbonyl (C=O) groups excluding carboxylic acids is 1. The van der Waals surface area contributed by atoms with Crippen LogP contribution in [-0.2, 0) is 37.5 Å². The van der Waals surface area contributed by atoms with Crippen LogP contribution in [0.3, 0.4) is 0 Å². The minimum Gasteiger partial charge on any atom is -0.531 e. The second-order valence-electron chi connectivity index (χ2n) is 0.362. The van der Waals surface area contributed by atoms with Gasteiger partial charge >= 0.3 is 0 Å². The van der Waals surface area contributed by atoms with E-state index in [9.17, 15) is 0 Å². The summed E-state index contributed by atoms with van der Waals surface area (Å²) in [5.74, 6) is 0. The van der Waals surface area contributed by atoms with Crippen LogP contribution in [0.5, 0.6) is 0 Å². The summed E-state index contributed by atoms with van der Waals surface area (Å²) >= 11 is 0. The van der Waals surface area contributed by atoms with Gasteiger partial charge in [0.25, 0.3) is 0 Å². The number of nitrogens with zero attached hydrogens (tertiary/aromatic N) is 2. The van der Waals surface area contributed by atoms with Crippen LogP contribution in [0.4, 0.5) is 0 Å². The molecule has 0 aliphatic heterocycles. The molecular weight excluding hydrogens is 169 g/mol. The van der Waals surface area contributed by atoms with E-state index in [4.69, 9.17) is 10.3 Å². The summed E-state index contributed by atoms with van der Waals surface area (Å²) in [5, 5.41) is 0. The normalized spacial score (nSPS) is 3.43. The van der Waals surface area contributed by atoms with Gasteiger partial charge in [0.1, 0.15) is 6.21 Å². The largest absolute Gasteiger partial charge is 0.531 e. The Morgan fingerprint density at radius 2 is 2.14 bits per heavy atom. The second-order valence-corrected chi connectivity index (χ2v) is 0.362. The molecule has 0 aliphatic carbocycles. The van der Waals surface area contributed by atoms with E-state index in [0.29, 0.717) is 6.21 Å². The van der Waals surface area contributed by atoms with Gasteiger partial charge in [0.05, 0.1) is 0 Å². The van der Waals surface area contributed by atoms with Gasteiger partial charge in [-0.15, -0.1) is 0 Å². The summed E-state index contributed by atoms with van der Waals surface area (Å²) in [6, 6.07) is 0. The molecule has 0 saturated carbocycles. The van der Waals surface area contributed by atoms with Crippen LogP contribution in [0.15, 0.2) is 0 Å². The van der Waals surface area contributed by atoms with Crippen molar-refractivity contribution in [3.8, 4) is 0 Å². The molecule has 0 atom stereocenters. The SMILES string of the molecule is [CH3-].[N-]=[N+]=C[C-]=O.[Y]. The van der Waals surface area contributed by atoms with E-state index in [1.165, 1.54) is 6.29 Å². The first kappa shape index (κ1) is 15.7. The van der Waals surface area contributed by atoms with Crippen molar-refractivity contribution in [2.24, 2.45) is 0 Å². The van der Waals surface area contributed by atoms with Crippen molar-refractivity contribution in [1.29, 1.82) is 0 Å². The Hall–Kier alpha value is 0.154. The number of hydrogen-bond donors (Lipinski definition) is 0. The van der Waals surface area contributed by atoms with Gasteiger partial charge in [-0.05, 0) is 0 Å². The molecule has 0 fully saturated rings. The summed E-state index contributed by atoms with van der Waals surface area (Å²) in [5.41, 5.74) is 7.37. The van der Waals surface area contributed by atoms with Gasteiger partial charge in [-0.25, -0.2) is 4.79 Å². The van der Waals surface area contributed by atoms with Crippen LogP contribution in [0.1, 0.15) is 0 Å². The van der Waals surface area contributed by atoms with Crippen molar-refractivity contribution in [2.75, 3.05) is 0 Å². The van der Waals surface area contributed by atoms with E-state index in [0.717, 1.165) is 0 Å². The standard InChI is InChI=1S/C2HN2O.CH3.Y/c3-4-1-2-5;;/h1H;1H3;/q2*-1;. The molecule has 0 bridgehead atoms. The number of rotatable bonds is 1. The minimum atomic E-state index is 0. The van der Waals surface area contributed by atoms with E-state index in [1.807, 2.05) is 0 Å². The van der Waals surface area contributed by atoms with Gasteiger partial charge in [0.15, 0.2) is 0 Å². The Morgan fingerprint density at radius 3 is 2.14 bits per heavy atom. The predicted octanol–water partition coefficient (Wildman–Crippen LogP) is -0.156. The maximum atomic E-state index is 8.97. The van der Waals surface area contributed by atoms with E-state index in [-0.39, 0.29) is 40.1 Å². The molecule has 0 unspecified atom stereocenters. The minimum absolute atomic E-state index is 0. The van der Waals surface area contributed by atoms with Crippen LogP contribution < -0.4 is 0 Å². The molecular formula is C3H4N2OY-2. The number of hydrogen-bond acceptors (Lipinski definition) is 1. The van der Waals surface area contributed by atoms with Crippen molar-refractivity contribution < 1.29 is 42.3 Å². The third-order valence-corrected chi connectivity index (χ3v) is 0.110. The fourth-order valence-corrected chi connectivity index (χ4v) is 0.0236. The van der Waals surface area contributed by atoms with Gasteiger partial charge in [0.2, 0.25) is 0 Å². The van der Waals surface area contributed by atoms with Crippen molar-refractivity contribution >= 4 is 12.5 Å². The van der Waals surface area contributed by atoms with Crippen molar-refractivity contribution in [3.63, 3.8) is 0 Å². The smallest absolute Gasteiger partial charge is 0.145 e. The quantitative estimate of drug-likeness (QED) is 0.235. The van der Waals surface area contributed by atoms with Gasteiger partial charge in [-0.3, -0.25) is 0 Å². The molecule has 37 valence electrons. The van der Waals surface area contributed by atoms with Crippen LogP contribution in [0.25, 0.3) is 5.53 Å². The molecule has 0 heterocycles. The van der Waals surface area contributed by atoms with E-state index >= 15 is 0 Å². The van der Waals surface area contributed by atoms with Crippen LogP contribution in [0, 0.1) is 7.43 Å². The van der Waals surface area contributed by atoms with E-state index < -0.39 is 0 Å². The zero-order valence-corrected chi connectivity index (χ0v) is 6.80. The zero-order valence-electron chi connectivity index (χ0n) is 3.96. The van der Waals surface area contributed by atoms with Crippen molar-refractivity contribution in [1.82, 2.24) is 0 Å². The molecule has 0 N–H and O–H groups in total. The Morgan fingerprint density at radius 1 is 1.71 bits per heavy atom. The summed E-state index contributed by atoms with van der Waals surface area (Å²) in [4.78, 5) is 11.3. The van der Waals surface area contributed by atoms with Crippen molar-refractivity contribution in [2.45, 2.75) is 0 Å². The monoisotopic (exact) mass is 173 g/mol. The predicted molar refractivity (Wildman–Crippen MR) is 21.8 cm³/mol. The summed E-state index contributed by atoms with van der Waals surface area (Å²) < 4.78 is 0. The summed E-state index contributed by atoms with van der Waals surface area (Å²) in [6.07, 6.45) is 1.85. The first-order valence-corrected chi connectivity index (χ1v) is 0.951. The fraction of sp³-hybridized carbons (Fsp3) is 0. The van der Waals surface area contributed by atoms with Crippen LogP contribution in [-0.4, -0.2) is 17.3 Å². The Kier molecular flexibility index (Phi) is 36.9. The molecule has 0 aliphatic rings. The molecule has 0 amide bonds. The van der Waals surface area contributed by atoms with E-state index in [2.05, 4.69) is 4.79 Å². The van der Waals surface area contributed by atoms with Crippen LogP contribution >= 0.6 is 0 Å². The Labute approximate surface area is 67.6 Å². The summed E-state index contributed by atoms with van der Waals surface area (Å²) in [7, 11) is 0. The third kappa shape index (κ3) is 22.9. The topological polar surface area (TPSA) is 53.5 Å². The zero-order chi connectivity index (χ0) is 4.12. The Balaban J connectivity index is -0.0000000800. The van der Waals surface area contributed by atoms with E-state index in [1.54, 1.807) is 0 Å². The fourth-order valence-electron chi connectivity index (χ4n) is 0.0236. The molecule has 3 nitrogen and oxygen atoms in total. The molecule has 0 aromatic heterocycles. The van der Waals surface area contributed by atoms with Crippen molar-refractivity contribution in [3.05, 3.63) is 13.0 Å². The molecule has 0 aromatic rings. The second kappa shape index (κ2) is 16.4. The first-order chi connectivity index (χ1) is 2.41. The van der Waals surface area contributed by atoms with Gasteiger partial charge in [0, 0.05) is 32.7 Å². The Bertz CT molecular complexity index is 77.0. The molecule has 0 spiro atoms. The molecule has 0 saturated heterocycles. The molecule has 1 radical (unpaired) electrons. The van der Waals surface area contributed by atoms with Crippen LogP contribution in [0.2, 0.25) is 0 Å². The average Bonchev–Trinajstić information content (AvgIpc) is 1.41. The molecule has 7 heavy (non-hydrogen) atoms. The molecule has 0 rings (SSSR count). The molecule has 0 aromatic carbocycles. The first-order valence-electron chi connectivity index (χ1n) is 0.951. The average molecular weight is 173 g/mol. The third-order valence-electron chi connectivity index (χ3n) is 0.110. The van der Waals surface area contributed by atoms with Gasteiger partial charge in [-0.1, -0.05) is 0 Å². The maximum Gasteiger partial charge on any atom is 0.145 e. The summed E-state index contributed by atoms with van der Waals surface area (Å²) in [6.45, 7) is 0. The molecule has 4 heteroatoms. The van der Waals surface area contributed by atoms with Gasteiger partial charge < -0.3 is 17.8 Å².